The molecule has 1 aromatic carbocycles. The molecule has 1 fully saturated rings. The molecule has 0 saturated carbocycles. The first kappa shape index (κ1) is 24.9. The van der Waals surface area contributed by atoms with Gasteiger partial charge in [0.05, 0.1) is 34.5 Å². The molecule has 204 valence electrons. The van der Waals surface area contributed by atoms with Gasteiger partial charge in [-0.2, -0.15) is 5.10 Å². The number of imidazole rings is 1. The summed E-state index contributed by atoms with van der Waals surface area (Å²) in [4.78, 5) is 38.6. The molecular weight excluding hydrogens is 516 g/mol. The molecule has 1 saturated heterocycles. The lowest BCUT2D eigenvalue weighted by molar-refractivity contribution is 0.164. The van der Waals surface area contributed by atoms with Gasteiger partial charge in [0.2, 0.25) is 0 Å². The number of aromatic amines is 2. The van der Waals surface area contributed by atoms with Gasteiger partial charge in [-0.05, 0) is 31.7 Å². The van der Waals surface area contributed by atoms with Crippen LogP contribution in [0.25, 0.3) is 55.8 Å². The molecule has 0 aliphatic carbocycles. The molecule has 6 aromatic rings. The average Bonchev–Trinajstić information content (AvgIpc) is 3.62. The zero-order chi connectivity index (χ0) is 27.9. The quantitative estimate of drug-likeness (QED) is 0.293. The van der Waals surface area contributed by atoms with Crippen LogP contribution >= 0.6 is 0 Å². The summed E-state index contributed by atoms with van der Waals surface area (Å²) in [6.45, 7) is 5.18. The van der Waals surface area contributed by atoms with Crippen molar-refractivity contribution in [1.29, 1.82) is 0 Å². The first-order chi connectivity index (χ1) is 20.0. The Morgan fingerprint density at radius 2 is 1.68 bits per heavy atom. The number of nitrogens with zero attached hydrogens (tertiary/aromatic N) is 7. The maximum atomic E-state index is 12.8. The number of benzene rings is 1. The number of piperazine rings is 1. The molecule has 41 heavy (non-hydrogen) atoms. The zero-order valence-electron chi connectivity index (χ0n) is 22.7. The topological polar surface area (TPSA) is 132 Å². The van der Waals surface area contributed by atoms with Crippen molar-refractivity contribution in [1.82, 2.24) is 44.9 Å². The highest BCUT2D eigenvalue weighted by molar-refractivity contribution is 5.97. The van der Waals surface area contributed by atoms with Gasteiger partial charge in [0.25, 0.3) is 0 Å². The summed E-state index contributed by atoms with van der Waals surface area (Å²) in [5, 5.41) is 11.3. The second-order valence-electron chi connectivity index (χ2n) is 10.4. The van der Waals surface area contributed by atoms with Gasteiger partial charge >= 0.3 is 6.03 Å². The van der Waals surface area contributed by atoms with Crippen LogP contribution in [-0.2, 0) is 0 Å². The molecule has 11 heteroatoms. The highest BCUT2D eigenvalue weighted by Crippen LogP contribution is 2.32. The molecule has 5 aromatic heterocycles. The van der Waals surface area contributed by atoms with Crippen molar-refractivity contribution in [3.05, 3.63) is 72.9 Å². The van der Waals surface area contributed by atoms with Crippen LogP contribution in [0.4, 0.5) is 10.5 Å². The first-order valence-electron chi connectivity index (χ1n) is 13.5. The highest BCUT2D eigenvalue weighted by atomic mass is 16.2. The fourth-order valence-corrected chi connectivity index (χ4v) is 5.11. The van der Waals surface area contributed by atoms with E-state index in [2.05, 4.69) is 78.6 Å². The van der Waals surface area contributed by atoms with Crippen molar-refractivity contribution in [2.45, 2.75) is 6.92 Å². The minimum Gasteiger partial charge on any atom is -0.335 e. The van der Waals surface area contributed by atoms with Crippen molar-refractivity contribution in [2.75, 3.05) is 38.5 Å². The van der Waals surface area contributed by atoms with E-state index in [1.54, 1.807) is 24.8 Å². The van der Waals surface area contributed by atoms with Crippen LogP contribution in [0.15, 0.2) is 67.4 Å². The molecule has 1 aliphatic rings. The van der Waals surface area contributed by atoms with Gasteiger partial charge in [-0.15, -0.1) is 0 Å². The third-order valence-electron chi connectivity index (χ3n) is 7.52. The minimum absolute atomic E-state index is 0.118. The summed E-state index contributed by atoms with van der Waals surface area (Å²) in [5.74, 6) is 0.647. The number of hydrogen-bond acceptors (Lipinski definition) is 7. The SMILES string of the molecule is Cc1ccc(-c2cncc3[nH]c(-c4[nH]nc5ncc(-c6cncc(NC(=O)N7CCN(C)CC7)c6)cc45)nc23)cc1. The molecule has 0 spiro atoms. The van der Waals surface area contributed by atoms with Crippen LogP contribution in [0.2, 0.25) is 0 Å². The van der Waals surface area contributed by atoms with Crippen molar-refractivity contribution in [2.24, 2.45) is 0 Å². The Morgan fingerprint density at radius 3 is 2.51 bits per heavy atom. The highest BCUT2D eigenvalue weighted by Gasteiger charge is 2.20. The zero-order valence-corrected chi connectivity index (χ0v) is 22.7. The molecule has 0 radical (unpaired) electrons. The van der Waals surface area contributed by atoms with Crippen LogP contribution < -0.4 is 5.32 Å². The number of carbonyl (C=O) groups excluding carboxylic acids is 1. The third kappa shape index (κ3) is 4.76. The summed E-state index contributed by atoms with van der Waals surface area (Å²) < 4.78 is 0. The van der Waals surface area contributed by atoms with Gasteiger partial charge in [-0.25, -0.2) is 14.8 Å². The summed E-state index contributed by atoms with van der Waals surface area (Å²) in [7, 11) is 2.06. The molecule has 1 aliphatic heterocycles. The number of hydrogen-bond donors (Lipinski definition) is 3. The monoisotopic (exact) mass is 544 g/mol. The van der Waals surface area contributed by atoms with E-state index in [1.807, 2.05) is 23.2 Å². The van der Waals surface area contributed by atoms with E-state index >= 15 is 0 Å². The number of anilines is 1. The molecule has 0 unspecified atom stereocenters. The minimum atomic E-state index is -0.118. The van der Waals surface area contributed by atoms with E-state index in [9.17, 15) is 4.79 Å². The fraction of sp³-hybridized carbons (Fsp3) is 0.200. The maximum absolute atomic E-state index is 12.8. The molecule has 3 N–H and O–H groups in total. The number of fused-ring (bicyclic) bond motifs is 2. The van der Waals surface area contributed by atoms with Crippen LogP contribution in [0.3, 0.4) is 0 Å². The fourth-order valence-electron chi connectivity index (χ4n) is 5.11. The summed E-state index contributed by atoms with van der Waals surface area (Å²) in [6.07, 6.45) is 8.79. The normalized spacial score (nSPS) is 14.1. The van der Waals surface area contributed by atoms with E-state index in [1.165, 1.54) is 5.56 Å². The Morgan fingerprint density at radius 1 is 0.902 bits per heavy atom. The standard InChI is InChI=1S/C30H28N10O/c1-18-3-5-19(6-4-18)24-16-32-17-25-26(24)36-29(35-25)27-23-12-21(14-33-28(23)38-37-27)20-11-22(15-31-13-20)34-30(41)40-9-7-39(2)8-10-40/h3-6,11-17H,7-10H2,1-2H3,(H,34,41)(H,35,36)(H,33,37,38). The molecule has 11 nitrogen and oxygen atoms in total. The lowest BCUT2D eigenvalue weighted by Crippen LogP contribution is -2.48. The number of aryl methyl sites for hydroxylation is 1. The van der Waals surface area contributed by atoms with E-state index in [4.69, 9.17) is 4.98 Å². The molecule has 7 rings (SSSR count). The van der Waals surface area contributed by atoms with E-state index in [0.717, 1.165) is 57.5 Å². The van der Waals surface area contributed by atoms with Crippen molar-refractivity contribution in [3.8, 4) is 33.8 Å². The van der Waals surface area contributed by atoms with E-state index in [-0.39, 0.29) is 6.03 Å². The Bertz CT molecular complexity index is 1880. The summed E-state index contributed by atoms with van der Waals surface area (Å²) >= 11 is 0. The number of nitrogens with one attached hydrogen (secondary N) is 3. The molecular formula is C30H28N10O. The van der Waals surface area contributed by atoms with E-state index < -0.39 is 0 Å². The number of H-pyrrole nitrogens is 2. The Balaban J connectivity index is 1.20. The number of urea groups is 1. The first-order valence-corrected chi connectivity index (χ1v) is 13.5. The second-order valence-corrected chi connectivity index (χ2v) is 10.4. The van der Waals surface area contributed by atoms with Crippen molar-refractivity contribution >= 4 is 33.8 Å². The predicted octanol–water partition coefficient (Wildman–Crippen LogP) is 4.71. The van der Waals surface area contributed by atoms with Crippen LogP contribution in [0.5, 0.6) is 0 Å². The van der Waals surface area contributed by atoms with Crippen LogP contribution in [0, 0.1) is 6.92 Å². The largest absolute Gasteiger partial charge is 0.335 e. The Labute approximate surface area is 235 Å². The molecule has 0 bridgehead atoms. The molecule has 0 atom stereocenters. The Hall–Kier alpha value is -5.16. The smallest absolute Gasteiger partial charge is 0.321 e. The van der Waals surface area contributed by atoms with Crippen LogP contribution in [-0.4, -0.2) is 84.2 Å². The van der Waals surface area contributed by atoms with Gasteiger partial charge in [-0.3, -0.25) is 15.1 Å². The van der Waals surface area contributed by atoms with Gasteiger partial charge < -0.3 is 20.1 Å². The molecule has 2 amide bonds. The van der Waals surface area contributed by atoms with Crippen molar-refractivity contribution in [3.63, 3.8) is 0 Å². The van der Waals surface area contributed by atoms with Gasteiger partial charge in [0.1, 0.15) is 5.69 Å². The van der Waals surface area contributed by atoms with Gasteiger partial charge in [0, 0.05) is 61.5 Å². The average molecular weight is 545 g/mol. The number of likely N-dealkylation sites (N-methyl/N-ethyl adjacent to an activating group) is 1. The predicted molar refractivity (Wildman–Crippen MR) is 158 cm³/mol. The lowest BCUT2D eigenvalue weighted by atomic mass is 10.1. The lowest BCUT2D eigenvalue weighted by Gasteiger charge is -2.32. The third-order valence-corrected chi connectivity index (χ3v) is 7.52. The second kappa shape index (κ2) is 10.1. The number of aromatic nitrogens is 7. The maximum Gasteiger partial charge on any atom is 0.321 e. The van der Waals surface area contributed by atoms with Gasteiger partial charge in [0.15, 0.2) is 11.5 Å². The van der Waals surface area contributed by atoms with E-state index in [0.29, 0.717) is 30.2 Å². The molecule has 6 heterocycles. The number of carbonyl (C=O) groups is 1. The Kier molecular flexibility index (Phi) is 6.12. The number of pyridine rings is 3. The number of amides is 2. The summed E-state index contributed by atoms with van der Waals surface area (Å²) in [5.41, 5.74) is 8.48. The van der Waals surface area contributed by atoms with Crippen LogP contribution in [0.1, 0.15) is 5.56 Å². The number of rotatable bonds is 4. The van der Waals surface area contributed by atoms with Gasteiger partial charge in [-0.1, -0.05) is 29.8 Å². The summed E-state index contributed by atoms with van der Waals surface area (Å²) in [6, 6.07) is 12.1. The van der Waals surface area contributed by atoms with Crippen molar-refractivity contribution < 1.29 is 4.79 Å².